The highest BCUT2D eigenvalue weighted by molar-refractivity contribution is 5.71. The fourth-order valence-corrected chi connectivity index (χ4v) is 1.98. The number of nitrogens with zero attached hydrogens (tertiary/aromatic N) is 3. The highest BCUT2D eigenvalue weighted by atomic mass is 15.4. The Bertz CT molecular complexity index is 216. The van der Waals surface area contributed by atoms with Gasteiger partial charge in [-0.15, -0.1) is 0 Å². The monoisotopic (exact) mass is 179 g/mol. The van der Waals surface area contributed by atoms with Crippen molar-refractivity contribution in [1.82, 2.24) is 9.80 Å². The normalized spacial score (nSPS) is 29.6. The van der Waals surface area contributed by atoms with Gasteiger partial charge >= 0.3 is 0 Å². The number of hydrogen-bond donors (Lipinski definition) is 0. The molecule has 0 saturated carbocycles. The maximum atomic E-state index is 4.47. The Morgan fingerprint density at radius 1 is 1.23 bits per heavy atom. The van der Waals surface area contributed by atoms with E-state index in [1.807, 2.05) is 12.3 Å². The molecule has 0 aromatic carbocycles. The van der Waals surface area contributed by atoms with Crippen molar-refractivity contribution in [1.29, 1.82) is 0 Å². The minimum absolute atomic E-state index is 0.255. The molecule has 0 N–H and O–H groups in total. The lowest BCUT2D eigenvalue weighted by molar-refractivity contribution is 0.0796. The van der Waals surface area contributed by atoms with Crippen LogP contribution in [-0.4, -0.2) is 42.4 Å². The second-order valence-electron chi connectivity index (χ2n) is 3.75. The van der Waals surface area contributed by atoms with Crippen LogP contribution in [0.4, 0.5) is 0 Å². The molecule has 2 aliphatic heterocycles. The van der Waals surface area contributed by atoms with Crippen LogP contribution in [0.15, 0.2) is 17.3 Å². The fraction of sp³-hybridized carbons (Fsp3) is 0.700. The summed E-state index contributed by atoms with van der Waals surface area (Å²) in [7, 11) is 2.09. The SMILES string of the molecule is CN1C=CC=NC1N1CCCCC1. The summed E-state index contributed by atoms with van der Waals surface area (Å²) >= 11 is 0. The van der Waals surface area contributed by atoms with E-state index in [0.717, 1.165) is 0 Å². The number of hydrogen-bond acceptors (Lipinski definition) is 3. The third kappa shape index (κ3) is 1.91. The van der Waals surface area contributed by atoms with Gasteiger partial charge in [0.05, 0.1) is 0 Å². The maximum Gasteiger partial charge on any atom is 0.177 e. The molecule has 2 heterocycles. The van der Waals surface area contributed by atoms with Gasteiger partial charge in [0.15, 0.2) is 6.29 Å². The number of piperidine rings is 1. The molecule has 0 radical (unpaired) electrons. The predicted molar refractivity (Wildman–Crippen MR) is 54.6 cm³/mol. The third-order valence-corrected chi connectivity index (χ3v) is 2.71. The molecule has 1 atom stereocenters. The zero-order chi connectivity index (χ0) is 9.10. The first kappa shape index (κ1) is 8.75. The Kier molecular flexibility index (Phi) is 2.64. The summed E-state index contributed by atoms with van der Waals surface area (Å²) in [6.07, 6.45) is 10.3. The van der Waals surface area contributed by atoms with E-state index in [4.69, 9.17) is 0 Å². The molecule has 72 valence electrons. The molecule has 0 aliphatic carbocycles. The molecule has 1 fully saturated rings. The summed E-state index contributed by atoms with van der Waals surface area (Å²) in [5, 5.41) is 0. The van der Waals surface area contributed by atoms with Gasteiger partial charge in [-0.2, -0.15) is 0 Å². The van der Waals surface area contributed by atoms with Crippen LogP contribution in [0.1, 0.15) is 19.3 Å². The van der Waals surface area contributed by atoms with E-state index in [9.17, 15) is 0 Å². The first-order valence-electron chi connectivity index (χ1n) is 5.04. The van der Waals surface area contributed by atoms with Crippen molar-refractivity contribution < 1.29 is 0 Å². The van der Waals surface area contributed by atoms with Crippen molar-refractivity contribution in [3.63, 3.8) is 0 Å². The summed E-state index contributed by atoms with van der Waals surface area (Å²) in [5.74, 6) is 0. The minimum atomic E-state index is 0.255. The summed E-state index contributed by atoms with van der Waals surface area (Å²) in [5.41, 5.74) is 0. The Hall–Kier alpha value is -0.830. The van der Waals surface area contributed by atoms with Crippen molar-refractivity contribution >= 4 is 6.21 Å². The van der Waals surface area contributed by atoms with Gasteiger partial charge in [0.1, 0.15) is 0 Å². The number of aliphatic imine (C=N–C) groups is 1. The van der Waals surface area contributed by atoms with Gasteiger partial charge < -0.3 is 4.90 Å². The van der Waals surface area contributed by atoms with Crippen LogP contribution >= 0.6 is 0 Å². The number of likely N-dealkylation sites (tertiary alicyclic amines) is 1. The standard InChI is InChI=1S/C10H17N3/c1-12-7-5-6-11-10(12)13-8-3-2-4-9-13/h5-7,10H,2-4,8-9H2,1H3. The van der Waals surface area contributed by atoms with Gasteiger partial charge in [-0.3, -0.25) is 9.89 Å². The molecule has 0 spiro atoms. The number of allylic oxidation sites excluding steroid dienone is 1. The highest BCUT2D eigenvalue weighted by Crippen LogP contribution is 2.16. The van der Waals surface area contributed by atoms with Crippen LogP contribution in [0.5, 0.6) is 0 Å². The minimum Gasteiger partial charge on any atom is -0.347 e. The average Bonchev–Trinajstić information content (AvgIpc) is 2.20. The Morgan fingerprint density at radius 3 is 2.69 bits per heavy atom. The van der Waals surface area contributed by atoms with E-state index in [2.05, 4.69) is 28.0 Å². The summed E-state index contributed by atoms with van der Waals surface area (Å²) < 4.78 is 0. The van der Waals surface area contributed by atoms with Crippen LogP contribution in [0.25, 0.3) is 0 Å². The topological polar surface area (TPSA) is 18.8 Å². The lowest BCUT2D eigenvalue weighted by atomic mass is 10.1. The second kappa shape index (κ2) is 3.92. The van der Waals surface area contributed by atoms with Gasteiger partial charge in [-0.25, -0.2) is 0 Å². The van der Waals surface area contributed by atoms with Gasteiger partial charge in [-0.05, 0) is 18.9 Å². The molecular formula is C10H17N3. The molecule has 3 nitrogen and oxygen atoms in total. The Morgan fingerprint density at radius 2 is 2.00 bits per heavy atom. The first-order chi connectivity index (χ1) is 6.38. The molecule has 1 saturated heterocycles. The van der Waals surface area contributed by atoms with Gasteiger partial charge in [0, 0.05) is 32.6 Å². The molecule has 0 bridgehead atoms. The van der Waals surface area contributed by atoms with E-state index in [0.29, 0.717) is 0 Å². The molecule has 2 rings (SSSR count). The molecule has 0 aromatic heterocycles. The van der Waals surface area contributed by atoms with Crippen molar-refractivity contribution in [3.8, 4) is 0 Å². The maximum absolute atomic E-state index is 4.47. The summed E-state index contributed by atoms with van der Waals surface area (Å²) in [6, 6.07) is 0. The van der Waals surface area contributed by atoms with Crippen molar-refractivity contribution in [2.24, 2.45) is 4.99 Å². The van der Waals surface area contributed by atoms with Gasteiger partial charge in [0.25, 0.3) is 0 Å². The third-order valence-electron chi connectivity index (χ3n) is 2.71. The first-order valence-corrected chi connectivity index (χ1v) is 5.04. The predicted octanol–water partition coefficient (Wildman–Crippen LogP) is 1.29. The zero-order valence-corrected chi connectivity index (χ0v) is 8.19. The Labute approximate surface area is 79.7 Å². The lowest BCUT2D eigenvalue weighted by Crippen LogP contribution is -2.46. The van der Waals surface area contributed by atoms with Crippen molar-refractivity contribution in [2.45, 2.75) is 25.6 Å². The van der Waals surface area contributed by atoms with Crippen LogP contribution in [-0.2, 0) is 0 Å². The quantitative estimate of drug-likeness (QED) is 0.604. The van der Waals surface area contributed by atoms with Crippen LogP contribution in [0, 0.1) is 0 Å². The van der Waals surface area contributed by atoms with Crippen molar-refractivity contribution in [2.75, 3.05) is 20.1 Å². The molecule has 2 aliphatic rings. The van der Waals surface area contributed by atoms with Crippen LogP contribution < -0.4 is 0 Å². The molecule has 3 heteroatoms. The van der Waals surface area contributed by atoms with E-state index in [-0.39, 0.29) is 6.29 Å². The molecule has 1 unspecified atom stereocenters. The average molecular weight is 179 g/mol. The zero-order valence-electron chi connectivity index (χ0n) is 8.19. The van der Waals surface area contributed by atoms with E-state index < -0.39 is 0 Å². The summed E-state index contributed by atoms with van der Waals surface area (Å²) in [4.78, 5) is 9.09. The molecule has 0 aromatic rings. The van der Waals surface area contributed by atoms with Crippen molar-refractivity contribution in [3.05, 3.63) is 12.3 Å². The van der Waals surface area contributed by atoms with Crippen LogP contribution in [0.3, 0.4) is 0 Å². The van der Waals surface area contributed by atoms with Crippen LogP contribution in [0.2, 0.25) is 0 Å². The molecular weight excluding hydrogens is 162 g/mol. The molecule has 0 amide bonds. The smallest absolute Gasteiger partial charge is 0.177 e. The lowest BCUT2D eigenvalue weighted by Gasteiger charge is -2.37. The van der Waals surface area contributed by atoms with Gasteiger partial charge in [-0.1, -0.05) is 6.42 Å². The Balaban J connectivity index is 1.98. The fourth-order valence-electron chi connectivity index (χ4n) is 1.98. The second-order valence-corrected chi connectivity index (χ2v) is 3.75. The molecule has 13 heavy (non-hydrogen) atoms. The summed E-state index contributed by atoms with van der Waals surface area (Å²) in [6.45, 7) is 2.39. The highest BCUT2D eigenvalue weighted by Gasteiger charge is 2.22. The van der Waals surface area contributed by atoms with E-state index >= 15 is 0 Å². The van der Waals surface area contributed by atoms with E-state index in [1.54, 1.807) is 0 Å². The number of rotatable bonds is 1. The largest absolute Gasteiger partial charge is 0.347 e. The van der Waals surface area contributed by atoms with E-state index in [1.165, 1.54) is 32.4 Å². The van der Waals surface area contributed by atoms with Gasteiger partial charge in [0.2, 0.25) is 0 Å².